The predicted molar refractivity (Wildman–Crippen MR) is 97.2 cm³/mol. The summed E-state index contributed by atoms with van der Waals surface area (Å²) in [6.07, 6.45) is 7.25. The van der Waals surface area contributed by atoms with Crippen molar-refractivity contribution in [1.29, 1.82) is 0 Å². The number of likely N-dealkylation sites (tertiary alicyclic amines) is 2. The van der Waals surface area contributed by atoms with Crippen molar-refractivity contribution in [2.75, 3.05) is 39.8 Å². The normalized spacial score (nSPS) is 20.6. The van der Waals surface area contributed by atoms with Crippen LogP contribution in [0.3, 0.4) is 0 Å². The van der Waals surface area contributed by atoms with Crippen LogP contribution in [0.2, 0.25) is 0 Å². The summed E-state index contributed by atoms with van der Waals surface area (Å²) >= 11 is 0. The molecule has 0 atom stereocenters. The van der Waals surface area contributed by atoms with E-state index in [0.29, 0.717) is 12.5 Å². The Morgan fingerprint density at radius 2 is 1.76 bits per heavy atom. The smallest absolute Gasteiger partial charge is 0.236 e. The number of hydrogen-bond acceptors (Lipinski definition) is 5. The Hall–Kier alpha value is -1.47. The molecular formula is C18H32N6O. The molecule has 0 bridgehead atoms. The fraction of sp³-hybridized carbons (Fsp3) is 0.833. The van der Waals surface area contributed by atoms with Crippen LogP contribution in [-0.2, 0) is 18.4 Å². The molecule has 140 valence electrons. The number of piperidine rings is 1. The molecule has 1 N–H and O–H groups in total. The van der Waals surface area contributed by atoms with Gasteiger partial charge in [0.05, 0.1) is 13.1 Å². The standard InChI is InChI=1S/C18H32N6O/c1-19-13-17(25)24-11-7-15(8-12-24)18-21-20-16(22(18)2)14-23-9-5-3-4-6-10-23/h15,19H,3-14H2,1-2H3. The minimum atomic E-state index is 0.195. The number of rotatable bonds is 5. The molecule has 0 unspecified atom stereocenters. The second-order valence-electron chi connectivity index (χ2n) is 7.41. The lowest BCUT2D eigenvalue weighted by Gasteiger charge is -2.31. The van der Waals surface area contributed by atoms with Crippen LogP contribution in [0.1, 0.15) is 56.1 Å². The van der Waals surface area contributed by atoms with Gasteiger partial charge in [-0.25, -0.2) is 0 Å². The lowest BCUT2D eigenvalue weighted by molar-refractivity contribution is -0.131. The summed E-state index contributed by atoms with van der Waals surface area (Å²) in [5.74, 6) is 2.77. The van der Waals surface area contributed by atoms with E-state index in [9.17, 15) is 4.79 Å². The van der Waals surface area contributed by atoms with E-state index in [4.69, 9.17) is 0 Å². The molecule has 0 saturated carbocycles. The fourth-order valence-corrected chi connectivity index (χ4v) is 4.01. The third-order valence-electron chi connectivity index (χ3n) is 5.60. The second-order valence-corrected chi connectivity index (χ2v) is 7.41. The maximum absolute atomic E-state index is 12.0. The van der Waals surface area contributed by atoms with Gasteiger partial charge in [-0.2, -0.15) is 0 Å². The van der Waals surface area contributed by atoms with Gasteiger partial charge in [-0.15, -0.1) is 10.2 Å². The van der Waals surface area contributed by atoms with Gasteiger partial charge < -0.3 is 14.8 Å². The first-order valence-corrected chi connectivity index (χ1v) is 9.72. The molecule has 0 aliphatic carbocycles. The van der Waals surface area contributed by atoms with E-state index >= 15 is 0 Å². The van der Waals surface area contributed by atoms with Crippen LogP contribution in [0, 0.1) is 0 Å². The minimum absolute atomic E-state index is 0.195. The average molecular weight is 348 g/mol. The maximum Gasteiger partial charge on any atom is 0.236 e. The van der Waals surface area contributed by atoms with Gasteiger partial charge in [0.25, 0.3) is 0 Å². The van der Waals surface area contributed by atoms with Crippen molar-refractivity contribution in [3.05, 3.63) is 11.6 Å². The summed E-state index contributed by atoms with van der Waals surface area (Å²) in [5.41, 5.74) is 0. The van der Waals surface area contributed by atoms with Crippen LogP contribution in [0.4, 0.5) is 0 Å². The third-order valence-corrected chi connectivity index (χ3v) is 5.60. The van der Waals surface area contributed by atoms with E-state index in [1.807, 2.05) is 11.9 Å². The lowest BCUT2D eigenvalue weighted by Crippen LogP contribution is -2.42. The Morgan fingerprint density at radius 1 is 1.08 bits per heavy atom. The van der Waals surface area contributed by atoms with Crippen molar-refractivity contribution in [3.8, 4) is 0 Å². The van der Waals surface area contributed by atoms with Gasteiger partial charge in [0.15, 0.2) is 0 Å². The van der Waals surface area contributed by atoms with Crippen LogP contribution in [-0.4, -0.2) is 70.2 Å². The first-order chi connectivity index (χ1) is 12.2. The first-order valence-electron chi connectivity index (χ1n) is 9.72. The summed E-state index contributed by atoms with van der Waals surface area (Å²) in [4.78, 5) is 16.5. The Balaban J connectivity index is 1.57. The van der Waals surface area contributed by atoms with Gasteiger partial charge >= 0.3 is 0 Å². The monoisotopic (exact) mass is 348 g/mol. The van der Waals surface area contributed by atoms with Crippen LogP contribution < -0.4 is 5.32 Å². The quantitative estimate of drug-likeness (QED) is 0.864. The van der Waals surface area contributed by atoms with Gasteiger partial charge in [0, 0.05) is 26.1 Å². The van der Waals surface area contributed by atoms with Gasteiger partial charge in [-0.3, -0.25) is 9.69 Å². The van der Waals surface area contributed by atoms with Crippen molar-refractivity contribution in [2.45, 2.75) is 51.0 Å². The van der Waals surface area contributed by atoms with Crippen LogP contribution in [0.25, 0.3) is 0 Å². The van der Waals surface area contributed by atoms with E-state index in [1.165, 1.54) is 38.8 Å². The van der Waals surface area contributed by atoms with E-state index in [0.717, 1.165) is 44.1 Å². The first kappa shape index (κ1) is 18.3. The zero-order valence-corrected chi connectivity index (χ0v) is 15.7. The molecule has 2 aliphatic rings. The predicted octanol–water partition coefficient (Wildman–Crippen LogP) is 1.12. The number of nitrogens with one attached hydrogen (secondary N) is 1. The largest absolute Gasteiger partial charge is 0.342 e. The summed E-state index contributed by atoms with van der Waals surface area (Å²) in [6, 6.07) is 0. The number of hydrogen-bond donors (Lipinski definition) is 1. The maximum atomic E-state index is 12.0. The molecule has 2 saturated heterocycles. The molecule has 25 heavy (non-hydrogen) atoms. The summed E-state index contributed by atoms with van der Waals surface area (Å²) in [6.45, 7) is 5.32. The van der Waals surface area contributed by atoms with E-state index in [2.05, 4.69) is 32.0 Å². The number of likely N-dealkylation sites (N-methyl/N-ethyl adjacent to an activating group) is 1. The van der Waals surface area contributed by atoms with Crippen molar-refractivity contribution < 1.29 is 4.79 Å². The minimum Gasteiger partial charge on any atom is -0.342 e. The fourth-order valence-electron chi connectivity index (χ4n) is 4.01. The van der Waals surface area contributed by atoms with Crippen LogP contribution >= 0.6 is 0 Å². The zero-order valence-electron chi connectivity index (χ0n) is 15.7. The molecule has 2 aliphatic heterocycles. The Labute approximate surface area is 150 Å². The third kappa shape index (κ3) is 4.58. The van der Waals surface area contributed by atoms with E-state index in [-0.39, 0.29) is 5.91 Å². The Bertz CT molecular complexity index is 556. The second kappa shape index (κ2) is 8.76. The van der Waals surface area contributed by atoms with Gasteiger partial charge in [-0.1, -0.05) is 12.8 Å². The summed E-state index contributed by atoms with van der Waals surface area (Å²) < 4.78 is 2.20. The highest BCUT2D eigenvalue weighted by Crippen LogP contribution is 2.27. The molecular weight excluding hydrogens is 316 g/mol. The summed E-state index contributed by atoms with van der Waals surface area (Å²) in [5, 5.41) is 11.9. The van der Waals surface area contributed by atoms with Crippen molar-refractivity contribution >= 4 is 5.91 Å². The molecule has 0 radical (unpaired) electrons. The molecule has 2 fully saturated rings. The highest BCUT2D eigenvalue weighted by molar-refractivity contribution is 5.78. The number of carbonyl (C=O) groups excluding carboxylic acids is 1. The molecule has 1 aromatic heterocycles. The summed E-state index contributed by atoms with van der Waals surface area (Å²) in [7, 11) is 3.91. The molecule has 1 aromatic rings. The van der Waals surface area contributed by atoms with Crippen molar-refractivity contribution in [1.82, 2.24) is 29.9 Å². The number of amides is 1. The zero-order chi connectivity index (χ0) is 17.6. The molecule has 3 heterocycles. The van der Waals surface area contributed by atoms with Crippen molar-refractivity contribution in [2.24, 2.45) is 7.05 Å². The SMILES string of the molecule is CNCC(=O)N1CCC(c2nnc(CN3CCCCCC3)n2C)CC1. The number of carbonyl (C=O) groups is 1. The van der Waals surface area contributed by atoms with Gasteiger partial charge in [0.2, 0.25) is 5.91 Å². The van der Waals surface area contributed by atoms with E-state index in [1.54, 1.807) is 0 Å². The number of aromatic nitrogens is 3. The molecule has 7 heteroatoms. The Kier molecular flexibility index (Phi) is 6.42. The van der Waals surface area contributed by atoms with Crippen molar-refractivity contribution in [3.63, 3.8) is 0 Å². The molecule has 1 amide bonds. The Morgan fingerprint density at radius 3 is 2.40 bits per heavy atom. The van der Waals surface area contributed by atoms with E-state index < -0.39 is 0 Å². The van der Waals surface area contributed by atoms with Crippen LogP contribution in [0.15, 0.2) is 0 Å². The number of nitrogens with zero attached hydrogens (tertiary/aromatic N) is 5. The van der Waals surface area contributed by atoms with Gasteiger partial charge in [0.1, 0.15) is 11.6 Å². The topological polar surface area (TPSA) is 66.3 Å². The highest BCUT2D eigenvalue weighted by Gasteiger charge is 2.27. The molecule has 0 aromatic carbocycles. The lowest BCUT2D eigenvalue weighted by atomic mass is 9.96. The molecule has 7 nitrogen and oxygen atoms in total. The molecule has 3 rings (SSSR count). The highest BCUT2D eigenvalue weighted by atomic mass is 16.2. The molecule has 0 spiro atoms. The van der Waals surface area contributed by atoms with Crippen LogP contribution in [0.5, 0.6) is 0 Å². The average Bonchev–Trinajstić information content (AvgIpc) is 2.83. The van der Waals surface area contributed by atoms with Gasteiger partial charge in [-0.05, 0) is 45.8 Å².